The van der Waals surface area contributed by atoms with E-state index in [1.165, 1.54) is 0 Å². The third-order valence-electron chi connectivity index (χ3n) is 3.99. The SMILES string of the molecule is CC1CN(CC(=O)NC2CCOCC2)c2cc(Cl)ccc2O1. The number of amides is 1. The van der Waals surface area contributed by atoms with Crippen molar-refractivity contribution in [2.75, 3.05) is 31.2 Å². The van der Waals surface area contributed by atoms with E-state index in [4.69, 9.17) is 21.1 Å². The minimum absolute atomic E-state index is 0.0342. The van der Waals surface area contributed by atoms with Gasteiger partial charge in [-0.2, -0.15) is 0 Å². The summed E-state index contributed by atoms with van der Waals surface area (Å²) in [6.45, 7) is 4.43. The third-order valence-corrected chi connectivity index (χ3v) is 4.22. The van der Waals surface area contributed by atoms with E-state index in [2.05, 4.69) is 5.32 Å². The van der Waals surface area contributed by atoms with Crippen molar-refractivity contribution in [3.05, 3.63) is 23.2 Å². The maximum Gasteiger partial charge on any atom is 0.239 e. The molecule has 2 aliphatic heterocycles. The van der Waals surface area contributed by atoms with Crippen molar-refractivity contribution in [2.24, 2.45) is 0 Å². The number of hydrogen-bond acceptors (Lipinski definition) is 4. The van der Waals surface area contributed by atoms with Crippen molar-refractivity contribution < 1.29 is 14.3 Å². The fourth-order valence-corrected chi connectivity index (χ4v) is 3.10. The van der Waals surface area contributed by atoms with E-state index >= 15 is 0 Å². The van der Waals surface area contributed by atoms with Crippen molar-refractivity contribution in [3.63, 3.8) is 0 Å². The zero-order valence-electron chi connectivity index (χ0n) is 12.7. The van der Waals surface area contributed by atoms with Crippen LogP contribution in [0.2, 0.25) is 5.02 Å². The van der Waals surface area contributed by atoms with Gasteiger partial charge in [0.1, 0.15) is 11.9 Å². The molecule has 3 rings (SSSR count). The summed E-state index contributed by atoms with van der Waals surface area (Å²) in [5, 5.41) is 3.74. The summed E-state index contributed by atoms with van der Waals surface area (Å²) in [4.78, 5) is 14.3. The van der Waals surface area contributed by atoms with Crippen LogP contribution in [0.25, 0.3) is 0 Å². The van der Waals surface area contributed by atoms with Crippen LogP contribution in [0.1, 0.15) is 19.8 Å². The Balaban J connectivity index is 1.66. The van der Waals surface area contributed by atoms with E-state index in [1.807, 2.05) is 24.0 Å². The van der Waals surface area contributed by atoms with Crippen LogP contribution >= 0.6 is 11.6 Å². The van der Waals surface area contributed by atoms with E-state index in [0.29, 0.717) is 18.1 Å². The minimum Gasteiger partial charge on any atom is -0.487 e. The van der Waals surface area contributed by atoms with Gasteiger partial charge < -0.3 is 19.7 Å². The number of halogens is 1. The molecule has 1 N–H and O–H groups in total. The fraction of sp³-hybridized carbons (Fsp3) is 0.562. The molecule has 0 saturated carbocycles. The monoisotopic (exact) mass is 324 g/mol. The number of anilines is 1. The van der Waals surface area contributed by atoms with Gasteiger partial charge in [0, 0.05) is 24.3 Å². The smallest absolute Gasteiger partial charge is 0.239 e. The predicted molar refractivity (Wildman–Crippen MR) is 85.7 cm³/mol. The Bertz CT molecular complexity index is 546. The Kier molecular flexibility index (Phi) is 4.74. The highest BCUT2D eigenvalue weighted by Crippen LogP contribution is 2.35. The van der Waals surface area contributed by atoms with Gasteiger partial charge in [0.2, 0.25) is 5.91 Å². The van der Waals surface area contributed by atoms with Gasteiger partial charge in [0.05, 0.1) is 18.8 Å². The van der Waals surface area contributed by atoms with Crippen molar-refractivity contribution in [3.8, 4) is 5.75 Å². The Morgan fingerprint density at radius 3 is 2.95 bits per heavy atom. The molecule has 1 unspecified atom stereocenters. The number of carbonyl (C=O) groups excluding carboxylic acids is 1. The first-order valence-electron chi connectivity index (χ1n) is 7.70. The Morgan fingerprint density at radius 2 is 2.18 bits per heavy atom. The van der Waals surface area contributed by atoms with Gasteiger partial charge in [-0.15, -0.1) is 0 Å². The standard InChI is InChI=1S/C16H21ClN2O3/c1-11-9-19(14-8-12(17)2-3-15(14)22-11)10-16(20)18-13-4-6-21-7-5-13/h2-3,8,11,13H,4-7,9-10H2,1H3,(H,18,20). The van der Waals surface area contributed by atoms with Crippen molar-refractivity contribution in [2.45, 2.75) is 31.9 Å². The van der Waals surface area contributed by atoms with E-state index < -0.39 is 0 Å². The molecular formula is C16H21ClN2O3. The molecule has 0 radical (unpaired) electrons. The molecule has 2 aliphatic rings. The van der Waals surface area contributed by atoms with E-state index in [-0.39, 0.29) is 18.1 Å². The Morgan fingerprint density at radius 1 is 1.41 bits per heavy atom. The molecule has 0 aromatic heterocycles. The summed E-state index contributed by atoms with van der Waals surface area (Å²) in [5.74, 6) is 0.814. The molecule has 1 amide bonds. The van der Waals surface area contributed by atoms with Crippen LogP contribution in [0.4, 0.5) is 5.69 Å². The summed E-state index contributed by atoms with van der Waals surface area (Å²) in [6, 6.07) is 5.73. The second-order valence-electron chi connectivity index (χ2n) is 5.88. The highest BCUT2D eigenvalue weighted by molar-refractivity contribution is 6.31. The zero-order valence-corrected chi connectivity index (χ0v) is 13.4. The van der Waals surface area contributed by atoms with Crippen LogP contribution in [0.3, 0.4) is 0 Å². The topological polar surface area (TPSA) is 50.8 Å². The van der Waals surface area contributed by atoms with Crippen molar-refractivity contribution >= 4 is 23.2 Å². The zero-order chi connectivity index (χ0) is 15.5. The summed E-state index contributed by atoms with van der Waals surface area (Å²) < 4.78 is 11.1. The molecule has 0 bridgehead atoms. The predicted octanol–water partition coefficient (Wildman–Crippen LogP) is 2.22. The maximum atomic E-state index is 12.3. The fourth-order valence-electron chi connectivity index (χ4n) is 2.94. The van der Waals surface area contributed by atoms with Gasteiger partial charge >= 0.3 is 0 Å². The lowest BCUT2D eigenvalue weighted by Gasteiger charge is -2.35. The summed E-state index contributed by atoms with van der Waals surface area (Å²) in [7, 11) is 0. The van der Waals surface area contributed by atoms with E-state index in [0.717, 1.165) is 37.5 Å². The number of nitrogens with zero attached hydrogens (tertiary/aromatic N) is 1. The van der Waals surface area contributed by atoms with Crippen LogP contribution in [0.5, 0.6) is 5.75 Å². The second-order valence-corrected chi connectivity index (χ2v) is 6.31. The highest BCUT2D eigenvalue weighted by atomic mass is 35.5. The number of ether oxygens (including phenoxy) is 2. The molecular weight excluding hydrogens is 304 g/mol. The highest BCUT2D eigenvalue weighted by Gasteiger charge is 2.25. The summed E-state index contributed by atoms with van der Waals surface area (Å²) >= 11 is 6.07. The molecule has 6 heteroatoms. The average molecular weight is 325 g/mol. The number of nitrogens with one attached hydrogen (secondary N) is 1. The van der Waals surface area contributed by atoms with Crippen LogP contribution in [-0.4, -0.2) is 44.4 Å². The Hall–Kier alpha value is -1.46. The van der Waals surface area contributed by atoms with Gasteiger partial charge in [-0.1, -0.05) is 11.6 Å². The van der Waals surface area contributed by atoms with Gasteiger partial charge in [-0.25, -0.2) is 0 Å². The van der Waals surface area contributed by atoms with Crippen LogP contribution in [0.15, 0.2) is 18.2 Å². The molecule has 1 aromatic carbocycles. The molecule has 1 fully saturated rings. The minimum atomic E-state index is 0.0342. The molecule has 120 valence electrons. The van der Waals surface area contributed by atoms with Gasteiger partial charge in [-0.05, 0) is 38.0 Å². The maximum absolute atomic E-state index is 12.3. The van der Waals surface area contributed by atoms with Gasteiger partial charge in [0.15, 0.2) is 0 Å². The largest absolute Gasteiger partial charge is 0.487 e. The Labute approximate surface area is 135 Å². The molecule has 1 atom stereocenters. The molecule has 1 saturated heterocycles. The van der Waals surface area contributed by atoms with Gasteiger partial charge in [0.25, 0.3) is 0 Å². The lowest BCUT2D eigenvalue weighted by Crippen LogP contribution is -2.47. The third kappa shape index (κ3) is 3.65. The number of rotatable bonds is 3. The van der Waals surface area contributed by atoms with Crippen molar-refractivity contribution in [1.82, 2.24) is 5.32 Å². The lowest BCUT2D eigenvalue weighted by molar-refractivity contribution is -0.121. The molecule has 0 spiro atoms. The van der Waals surface area contributed by atoms with Gasteiger partial charge in [-0.3, -0.25) is 4.79 Å². The first-order chi connectivity index (χ1) is 10.6. The van der Waals surface area contributed by atoms with Crippen LogP contribution in [-0.2, 0) is 9.53 Å². The first-order valence-corrected chi connectivity index (χ1v) is 8.08. The molecule has 2 heterocycles. The quantitative estimate of drug-likeness (QED) is 0.926. The normalized spacial score (nSPS) is 21.9. The second kappa shape index (κ2) is 6.75. The number of fused-ring (bicyclic) bond motifs is 1. The van der Waals surface area contributed by atoms with Crippen LogP contribution < -0.4 is 15.0 Å². The summed E-state index contributed by atoms with van der Waals surface area (Å²) in [5.41, 5.74) is 0.882. The van der Waals surface area contributed by atoms with Crippen molar-refractivity contribution in [1.29, 1.82) is 0 Å². The molecule has 0 aliphatic carbocycles. The van der Waals surface area contributed by atoms with E-state index in [1.54, 1.807) is 6.07 Å². The van der Waals surface area contributed by atoms with Crippen LogP contribution in [0, 0.1) is 0 Å². The number of hydrogen-bond donors (Lipinski definition) is 1. The molecule has 5 nitrogen and oxygen atoms in total. The number of benzene rings is 1. The lowest BCUT2D eigenvalue weighted by atomic mass is 10.1. The molecule has 1 aromatic rings. The average Bonchev–Trinajstić information content (AvgIpc) is 2.49. The number of carbonyl (C=O) groups is 1. The molecule has 22 heavy (non-hydrogen) atoms. The first kappa shape index (κ1) is 15.4. The van der Waals surface area contributed by atoms with E-state index in [9.17, 15) is 4.79 Å². The summed E-state index contributed by atoms with van der Waals surface area (Å²) in [6.07, 6.45) is 1.81.